The number of carbonyl (C=O) groups excluding carboxylic acids is 2. The van der Waals surface area contributed by atoms with Crippen molar-refractivity contribution in [1.82, 2.24) is 10.2 Å². The largest absolute Gasteiger partial charge is 0.480 e. The van der Waals surface area contributed by atoms with Crippen molar-refractivity contribution < 1.29 is 19.5 Å². The van der Waals surface area contributed by atoms with E-state index in [0.29, 0.717) is 5.56 Å². The summed E-state index contributed by atoms with van der Waals surface area (Å²) in [6, 6.07) is 5.68. The molecule has 2 amide bonds. The van der Waals surface area contributed by atoms with E-state index < -0.39 is 28.7 Å². The Hall–Kier alpha value is -2.02. The number of hydrogen-bond acceptors (Lipinski definition) is 4. The van der Waals surface area contributed by atoms with Gasteiger partial charge < -0.3 is 15.3 Å². The molecule has 25 heavy (non-hydrogen) atoms. The van der Waals surface area contributed by atoms with Gasteiger partial charge >= 0.3 is 5.97 Å². The Morgan fingerprint density at radius 1 is 1.28 bits per heavy atom. The molecule has 1 fully saturated rings. The summed E-state index contributed by atoms with van der Waals surface area (Å²) in [6.45, 7) is 7.32. The highest BCUT2D eigenvalue weighted by Gasteiger charge is 2.57. The summed E-state index contributed by atoms with van der Waals surface area (Å²) in [5, 5.41) is 11.8. The van der Waals surface area contributed by atoms with Gasteiger partial charge in [-0.25, -0.2) is 4.79 Å². The third-order valence-corrected chi connectivity index (χ3v) is 6.31. The van der Waals surface area contributed by atoms with E-state index in [0.717, 1.165) is 5.56 Å². The van der Waals surface area contributed by atoms with Crippen molar-refractivity contribution in [3.63, 3.8) is 0 Å². The number of fused-ring (bicyclic) bond motifs is 3. The zero-order chi connectivity index (χ0) is 18.5. The lowest BCUT2D eigenvalue weighted by Crippen LogP contribution is -2.56. The first-order chi connectivity index (χ1) is 11.6. The second-order valence-electron chi connectivity index (χ2n) is 7.34. The molecular weight excluding hydrogens is 340 g/mol. The number of nitrogens with one attached hydrogen (secondary N) is 1. The second kappa shape index (κ2) is 6.05. The number of carboxylic acids is 1. The van der Waals surface area contributed by atoms with Gasteiger partial charge in [0.2, 0.25) is 5.91 Å². The lowest BCUT2D eigenvalue weighted by atomic mass is 9.98. The molecule has 2 heterocycles. The predicted octanol–water partition coefficient (Wildman–Crippen LogP) is 2.26. The molecule has 2 aliphatic rings. The molecule has 1 saturated heterocycles. The van der Waals surface area contributed by atoms with Crippen LogP contribution in [0.1, 0.15) is 49.0 Å². The number of benzene rings is 1. The molecule has 2 N–H and O–H groups in total. The molecule has 1 aromatic carbocycles. The van der Waals surface area contributed by atoms with Gasteiger partial charge in [0, 0.05) is 10.3 Å². The zero-order valence-corrected chi connectivity index (χ0v) is 15.5. The molecule has 0 spiro atoms. The van der Waals surface area contributed by atoms with Crippen LogP contribution in [0, 0.1) is 5.92 Å². The van der Waals surface area contributed by atoms with Gasteiger partial charge in [-0.1, -0.05) is 32.0 Å². The van der Waals surface area contributed by atoms with Gasteiger partial charge in [0.15, 0.2) is 0 Å². The number of aliphatic carboxylic acids is 1. The van der Waals surface area contributed by atoms with Crippen LogP contribution in [0.4, 0.5) is 0 Å². The Balaban J connectivity index is 1.93. The quantitative estimate of drug-likeness (QED) is 0.858. The topological polar surface area (TPSA) is 86.7 Å². The first kappa shape index (κ1) is 17.8. The van der Waals surface area contributed by atoms with Gasteiger partial charge in [0.05, 0.1) is 0 Å². The molecule has 0 unspecified atom stereocenters. The molecule has 6 nitrogen and oxygen atoms in total. The highest BCUT2D eigenvalue weighted by molar-refractivity contribution is 8.01. The molecule has 7 heteroatoms. The fourth-order valence-corrected chi connectivity index (χ4v) is 5.14. The third-order valence-electron chi connectivity index (χ3n) is 4.78. The molecule has 0 saturated carbocycles. The Morgan fingerprint density at radius 3 is 2.52 bits per heavy atom. The van der Waals surface area contributed by atoms with Gasteiger partial charge in [-0.05, 0) is 31.4 Å². The average Bonchev–Trinajstić information content (AvgIpc) is 2.95. The maximum Gasteiger partial charge on any atom is 0.326 e. The minimum atomic E-state index is -1.07. The van der Waals surface area contributed by atoms with Crippen molar-refractivity contribution in [1.29, 1.82) is 0 Å². The highest BCUT2D eigenvalue weighted by atomic mass is 32.2. The van der Waals surface area contributed by atoms with Gasteiger partial charge in [-0.2, -0.15) is 0 Å². The van der Waals surface area contributed by atoms with Gasteiger partial charge in [-0.3, -0.25) is 9.59 Å². The molecule has 134 valence electrons. The van der Waals surface area contributed by atoms with Crippen molar-refractivity contribution in [2.45, 2.75) is 49.9 Å². The fraction of sp³-hybridized carbons (Fsp3) is 0.500. The van der Waals surface area contributed by atoms with E-state index in [1.165, 1.54) is 0 Å². The number of carboxylic acid groups (broad SMARTS) is 1. The van der Waals surface area contributed by atoms with Crippen molar-refractivity contribution in [3.8, 4) is 0 Å². The Morgan fingerprint density at radius 2 is 1.92 bits per heavy atom. The lowest BCUT2D eigenvalue weighted by molar-refractivity contribution is -0.144. The van der Waals surface area contributed by atoms with Crippen LogP contribution < -0.4 is 5.32 Å². The number of carbonyl (C=O) groups is 3. The number of rotatable bonds is 4. The highest BCUT2D eigenvalue weighted by Crippen LogP contribution is 2.56. The fourth-order valence-electron chi connectivity index (χ4n) is 3.55. The molecule has 0 radical (unpaired) electrons. The minimum Gasteiger partial charge on any atom is -0.480 e. The molecule has 0 bridgehead atoms. The number of nitrogens with zero attached hydrogens (tertiary/aromatic N) is 1. The van der Waals surface area contributed by atoms with Crippen molar-refractivity contribution in [2.75, 3.05) is 0 Å². The van der Waals surface area contributed by atoms with Crippen LogP contribution >= 0.6 is 11.8 Å². The molecule has 3 rings (SSSR count). The van der Waals surface area contributed by atoms with Gasteiger partial charge in [0.1, 0.15) is 17.5 Å². The maximum atomic E-state index is 12.9. The Kier molecular flexibility index (Phi) is 4.31. The van der Waals surface area contributed by atoms with E-state index in [9.17, 15) is 19.5 Å². The van der Waals surface area contributed by atoms with E-state index in [2.05, 4.69) is 5.32 Å². The van der Waals surface area contributed by atoms with Crippen LogP contribution in [0.15, 0.2) is 24.3 Å². The Bertz CT molecular complexity index is 746. The third kappa shape index (κ3) is 2.80. The SMILES string of the molecule is CC(C)[C@@H](NC(=O)[C@H]1N2C(=O)c3ccccc3[C@@H]2SC1(C)C)C(=O)O. The van der Waals surface area contributed by atoms with Crippen LogP contribution in [0.25, 0.3) is 0 Å². The molecule has 1 aromatic rings. The minimum absolute atomic E-state index is 0.171. The normalized spacial score (nSPS) is 24.8. The summed E-state index contributed by atoms with van der Waals surface area (Å²) in [6.07, 6.45) is 0. The molecule has 0 aliphatic carbocycles. The molecule has 3 atom stereocenters. The summed E-state index contributed by atoms with van der Waals surface area (Å²) in [7, 11) is 0. The van der Waals surface area contributed by atoms with E-state index in [1.54, 1.807) is 36.6 Å². The van der Waals surface area contributed by atoms with Crippen LogP contribution in [-0.4, -0.2) is 44.6 Å². The molecule has 2 aliphatic heterocycles. The van der Waals surface area contributed by atoms with Crippen LogP contribution in [0.5, 0.6) is 0 Å². The van der Waals surface area contributed by atoms with Crippen LogP contribution in [-0.2, 0) is 9.59 Å². The smallest absolute Gasteiger partial charge is 0.326 e. The summed E-state index contributed by atoms with van der Waals surface area (Å²) < 4.78 is -0.516. The second-order valence-corrected chi connectivity index (χ2v) is 9.08. The number of hydrogen-bond donors (Lipinski definition) is 2. The Labute approximate surface area is 151 Å². The first-order valence-corrected chi connectivity index (χ1v) is 9.15. The van der Waals surface area contributed by atoms with E-state index in [4.69, 9.17) is 0 Å². The lowest BCUT2D eigenvalue weighted by Gasteiger charge is -2.31. The van der Waals surface area contributed by atoms with Crippen LogP contribution in [0.3, 0.4) is 0 Å². The van der Waals surface area contributed by atoms with E-state index in [-0.39, 0.29) is 17.2 Å². The van der Waals surface area contributed by atoms with Gasteiger partial charge in [-0.15, -0.1) is 11.8 Å². The van der Waals surface area contributed by atoms with E-state index >= 15 is 0 Å². The van der Waals surface area contributed by atoms with Gasteiger partial charge in [0.25, 0.3) is 5.91 Å². The summed E-state index contributed by atoms with van der Waals surface area (Å²) in [5.74, 6) is -1.90. The summed E-state index contributed by atoms with van der Waals surface area (Å²) >= 11 is 1.56. The predicted molar refractivity (Wildman–Crippen MR) is 95.2 cm³/mol. The first-order valence-electron chi connectivity index (χ1n) is 8.27. The summed E-state index contributed by atoms with van der Waals surface area (Å²) in [4.78, 5) is 38.8. The molecule has 0 aromatic heterocycles. The van der Waals surface area contributed by atoms with Crippen LogP contribution in [0.2, 0.25) is 0 Å². The zero-order valence-electron chi connectivity index (χ0n) is 14.6. The number of amides is 2. The average molecular weight is 362 g/mol. The standard InChI is InChI=1S/C18H22N2O4S/c1-9(2)12(17(23)24)19-14(21)13-18(3,4)25-16-11-8-6-5-7-10(11)15(22)20(13)16/h5-9,12-13,16H,1-4H3,(H,19,21)(H,23,24)/t12-,13-,16+/m1/s1. The van der Waals surface area contributed by atoms with E-state index in [1.807, 2.05) is 32.0 Å². The number of thioether (sulfide) groups is 1. The monoisotopic (exact) mass is 362 g/mol. The summed E-state index contributed by atoms with van der Waals surface area (Å²) in [5.41, 5.74) is 1.53. The van der Waals surface area contributed by atoms with Crippen molar-refractivity contribution in [3.05, 3.63) is 35.4 Å². The maximum absolute atomic E-state index is 12.9. The van der Waals surface area contributed by atoms with Crippen molar-refractivity contribution >= 4 is 29.5 Å². The molecular formula is C18H22N2O4S. The van der Waals surface area contributed by atoms with Crippen molar-refractivity contribution in [2.24, 2.45) is 5.92 Å².